The van der Waals surface area contributed by atoms with Gasteiger partial charge >= 0.3 is 0 Å². The van der Waals surface area contributed by atoms with E-state index in [2.05, 4.69) is 5.32 Å². The minimum Gasteiger partial charge on any atom is -0.324 e. The first-order chi connectivity index (χ1) is 13.8. The number of nitrogens with one attached hydrogen (secondary N) is 1. The zero-order valence-electron chi connectivity index (χ0n) is 16.6. The zero-order chi connectivity index (χ0) is 21.0. The maximum absolute atomic E-state index is 12.5. The predicted octanol–water partition coefficient (Wildman–Crippen LogP) is 4.84. The molecule has 0 spiro atoms. The first kappa shape index (κ1) is 20.6. The Hall–Kier alpha value is -3.12. The van der Waals surface area contributed by atoms with E-state index in [1.807, 2.05) is 69.3 Å². The van der Waals surface area contributed by atoms with Gasteiger partial charge in [-0.05, 0) is 55.3 Å². The molecule has 2 aromatic carbocycles. The normalized spacial score (nSPS) is 15.6. The molecule has 2 aromatic rings. The van der Waals surface area contributed by atoms with Gasteiger partial charge in [0.1, 0.15) is 6.54 Å². The van der Waals surface area contributed by atoms with Crippen molar-refractivity contribution in [2.24, 2.45) is 0 Å². The molecule has 6 heteroatoms. The second-order valence-electron chi connectivity index (χ2n) is 6.88. The number of hydrogen-bond donors (Lipinski definition) is 1. The van der Waals surface area contributed by atoms with Crippen LogP contribution in [0, 0.1) is 20.8 Å². The van der Waals surface area contributed by atoms with Crippen LogP contribution in [0.3, 0.4) is 0 Å². The van der Waals surface area contributed by atoms with Crippen LogP contribution < -0.4 is 5.32 Å². The van der Waals surface area contributed by atoms with Crippen molar-refractivity contribution in [1.29, 1.82) is 0 Å². The summed E-state index contributed by atoms with van der Waals surface area (Å²) in [5.41, 5.74) is 4.70. The molecule has 0 bridgehead atoms. The fourth-order valence-corrected chi connectivity index (χ4v) is 3.95. The molecular formula is C23H22N2O3S. The molecule has 1 aliphatic heterocycles. The lowest BCUT2D eigenvalue weighted by Gasteiger charge is -2.15. The molecule has 5 nitrogen and oxygen atoms in total. The van der Waals surface area contributed by atoms with Gasteiger partial charge in [-0.1, -0.05) is 60.2 Å². The van der Waals surface area contributed by atoms with Crippen molar-refractivity contribution in [3.05, 3.63) is 81.8 Å². The second kappa shape index (κ2) is 8.92. The van der Waals surface area contributed by atoms with Crippen LogP contribution in [0.5, 0.6) is 0 Å². The molecule has 1 aliphatic rings. The van der Waals surface area contributed by atoms with Crippen molar-refractivity contribution in [2.45, 2.75) is 20.8 Å². The quantitative estimate of drug-likeness (QED) is 0.722. The zero-order valence-corrected chi connectivity index (χ0v) is 17.4. The minimum absolute atomic E-state index is 0.303. The highest BCUT2D eigenvalue weighted by atomic mass is 32.2. The number of carbonyl (C=O) groups is 3. The minimum atomic E-state index is -0.454. The number of carbonyl (C=O) groups excluding carboxylic acids is 3. The number of aryl methyl sites for hydroxylation is 3. The van der Waals surface area contributed by atoms with E-state index in [-0.39, 0.29) is 6.54 Å². The fourth-order valence-electron chi connectivity index (χ4n) is 3.16. The summed E-state index contributed by atoms with van der Waals surface area (Å²) < 4.78 is 0. The first-order valence-electron chi connectivity index (χ1n) is 9.20. The van der Waals surface area contributed by atoms with Crippen molar-refractivity contribution >= 4 is 40.6 Å². The van der Waals surface area contributed by atoms with Crippen LogP contribution in [0.2, 0.25) is 0 Å². The molecule has 0 aliphatic carbocycles. The molecule has 0 atom stereocenters. The average molecular weight is 407 g/mol. The molecule has 1 heterocycles. The van der Waals surface area contributed by atoms with Crippen molar-refractivity contribution in [3.63, 3.8) is 0 Å². The SMILES string of the molecule is Cc1cc(C)c(NC(=O)CN2C(=O)S/C(=C/C=C\c3ccccc3)C2=O)c(C)c1. The molecule has 0 unspecified atom stereocenters. The number of anilines is 1. The van der Waals surface area contributed by atoms with Crippen LogP contribution in [0.4, 0.5) is 10.5 Å². The molecule has 29 heavy (non-hydrogen) atoms. The van der Waals surface area contributed by atoms with Crippen molar-refractivity contribution in [2.75, 3.05) is 11.9 Å². The number of nitrogens with zero attached hydrogens (tertiary/aromatic N) is 1. The highest BCUT2D eigenvalue weighted by molar-refractivity contribution is 8.18. The van der Waals surface area contributed by atoms with Crippen molar-refractivity contribution in [1.82, 2.24) is 4.90 Å². The topological polar surface area (TPSA) is 66.5 Å². The lowest BCUT2D eigenvalue weighted by atomic mass is 10.1. The third-order valence-electron chi connectivity index (χ3n) is 4.45. The highest BCUT2D eigenvalue weighted by Crippen LogP contribution is 2.30. The van der Waals surface area contributed by atoms with Crippen LogP contribution in [-0.4, -0.2) is 28.5 Å². The Balaban J connectivity index is 1.66. The number of allylic oxidation sites excluding steroid dienone is 2. The smallest absolute Gasteiger partial charge is 0.294 e. The largest absolute Gasteiger partial charge is 0.324 e. The molecule has 0 aromatic heterocycles. The van der Waals surface area contributed by atoms with Gasteiger partial charge in [0.2, 0.25) is 5.91 Å². The number of thioether (sulfide) groups is 1. The van der Waals surface area contributed by atoms with E-state index < -0.39 is 17.1 Å². The van der Waals surface area contributed by atoms with Gasteiger partial charge in [-0.3, -0.25) is 19.3 Å². The van der Waals surface area contributed by atoms with Gasteiger partial charge in [-0.2, -0.15) is 0 Å². The third kappa shape index (κ3) is 5.03. The van der Waals surface area contributed by atoms with Gasteiger partial charge in [0.25, 0.3) is 11.1 Å². The Morgan fingerprint density at radius 3 is 2.38 bits per heavy atom. The molecular weight excluding hydrogens is 384 g/mol. The van der Waals surface area contributed by atoms with Crippen LogP contribution in [0.1, 0.15) is 22.3 Å². The Bertz CT molecular complexity index is 1000. The number of amides is 3. The van der Waals surface area contributed by atoms with Crippen LogP contribution in [0.25, 0.3) is 6.08 Å². The summed E-state index contributed by atoms with van der Waals surface area (Å²) in [5.74, 6) is -0.853. The summed E-state index contributed by atoms with van der Waals surface area (Å²) in [4.78, 5) is 38.5. The standard InChI is InChI=1S/C23H22N2O3S/c1-15-12-16(2)21(17(3)13-15)24-20(26)14-25-22(27)19(29-23(25)28)11-7-10-18-8-5-4-6-9-18/h4-13H,14H2,1-3H3,(H,24,26)/b10-7-,19-11+. The average Bonchev–Trinajstić information content (AvgIpc) is 2.93. The summed E-state index contributed by atoms with van der Waals surface area (Å²) in [7, 11) is 0. The summed E-state index contributed by atoms with van der Waals surface area (Å²) in [6.45, 7) is 5.51. The molecule has 3 amide bonds. The Labute approximate surface area is 174 Å². The number of benzene rings is 2. The summed E-state index contributed by atoms with van der Waals surface area (Å²) in [6.07, 6.45) is 5.18. The van der Waals surface area contributed by atoms with Crippen molar-refractivity contribution < 1.29 is 14.4 Å². The summed E-state index contributed by atoms with van der Waals surface area (Å²) >= 11 is 0.841. The second-order valence-corrected chi connectivity index (χ2v) is 7.88. The fraction of sp³-hybridized carbons (Fsp3) is 0.174. The van der Waals surface area contributed by atoms with Crippen LogP contribution in [0.15, 0.2) is 59.5 Å². The van der Waals surface area contributed by atoms with E-state index >= 15 is 0 Å². The van der Waals surface area contributed by atoms with Gasteiger partial charge in [-0.25, -0.2) is 0 Å². The number of imide groups is 1. The molecule has 1 saturated heterocycles. The van der Waals surface area contributed by atoms with E-state index in [1.54, 1.807) is 12.2 Å². The first-order valence-corrected chi connectivity index (χ1v) is 10.0. The maximum Gasteiger partial charge on any atom is 0.294 e. The molecule has 1 fully saturated rings. The van der Waals surface area contributed by atoms with E-state index in [0.29, 0.717) is 10.6 Å². The lowest BCUT2D eigenvalue weighted by molar-refractivity contribution is -0.127. The molecule has 3 rings (SSSR count). The monoisotopic (exact) mass is 406 g/mol. The van der Waals surface area contributed by atoms with Gasteiger partial charge in [0, 0.05) is 5.69 Å². The Kier molecular flexibility index (Phi) is 6.34. The van der Waals surface area contributed by atoms with E-state index in [0.717, 1.165) is 38.9 Å². The molecule has 0 radical (unpaired) electrons. The predicted molar refractivity (Wildman–Crippen MR) is 118 cm³/mol. The molecule has 0 saturated carbocycles. The summed E-state index contributed by atoms with van der Waals surface area (Å²) in [6, 6.07) is 13.6. The van der Waals surface area contributed by atoms with Gasteiger partial charge in [0.05, 0.1) is 4.91 Å². The van der Waals surface area contributed by atoms with Gasteiger partial charge < -0.3 is 5.32 Å². The molecule has 148 valence electrons. The molecule has 1 N–H and O–H groups in total. The van der Waals surface area contributed by atoms with Gasteiger partial charge in [0.15, 0.2) is 0 Å². The van der Waals surface area contributed by atoms with E-state index in [9.17, 15) is 14.4 Å². The highest BCUT2D eigenvalue weighted by Gasteiger charge is 2.36. The maximum atomic E-state index is 12.5. The number of hydrogen-bond acceptors (Lipinski definition) is 4. The van der Waals surface area contributed by atoms with E-state index in [4.69, 9.17) is 0 Å². The number of rotatable bonds is 5. The Morgan fingerprint density at radius 2 is 1.72 bits per heavy atom. The van der Waals surface area contributed by atoms with Gasteiger partial charge in [-0.15, -0.1) is 0 Å². The Morgan fingerprint density at radius 1 is 1.07 bits per heavy atom. The van der Waals surface area contributed by atoms with Crippen molar-refractivity contribution in [3.8, 4) is 0 Å². The van der Waals surface area contributed by atoms with Crippen LogP contribution >= 0.6 is 11.8 Å². The van der Waals surface area contributed by atoms with Crippen LogP contribution in [-0.2, 0) is 9.59 Å². The summed E-state index contributed by atoms with van der Waals surface area (Å²) in [5, 5.41) is 2.38. The van der Waals surface area contributed by atoms with E-state index in [1.165, 1.54) is 0 Å². The third-order valence-corrected chi connectivity index (χ3v) is 5.38. The lowest BCUT2D eigenvalue weighted by Crippen LogP contribution is -2.36.